The second kappa shape index (κ2) is 13.7. The van der Waals surface area contributed by atoms with Gasteiger partial charge in [-0.15, -0.1) is 5.10 Å². The quantitative estimate of drug-likeness (QED) is 0.171. The summed E-state index contributed by atoms with van der Waals surface area (Å²) in [6.45, 7) is 4.09. The summed E-state index contributed by atoms with van der Waals surface area (Å²) in [7, 11) is 1.23. The van der Waals surface area contributed by atoms with Gasteiger partial charge in [0.15, 0.2) is 16.1 Å². The molecule has 5 rings (SSSR count). The highest BCUT2D eigenvalue weighted by molar-refractivity contribution is 8.15. The van der Waals surface area contributed by atoms with Crippen LogP contribution in [0.3, 0.4) is 0 Å². The number of methoxy groups -OCH3 is 1. The zero-order valence-electron chi connectivity index (χ0n) is 24.8. The van der Waals surface area contributed by atoms with E-state index in [2.05, 4.69) is 25.7 Å². The van der Waals surface area contributed by atoms with E-state index in [1.165, 1.54) is 42.0 Å². The summed E-state index contributed by atoms with van der Waals surface area (Å²) in [6.07, 6.45) is -4.60. The maximum atomic E-state index is 12.9. The number of thioether (sulfide) groups is 1. The highest BCUT2D eigenvalue weighted by Crippen LogP contribution is 2.33. The van der Waals surface area contributed by atoms with Crippen LogP contribution in [0.15, 0.2) is 84.1 Å². The fourth-order valence-corrected chi connectivity index (χ4v) is 5.76. The number of anilines is 1. The lowest BCUT2D eigenvalue weighted by Crippen LogP contribution is -2.40. The molecule has 1 saturated heterocycles. The smallest absolute Gasteiger partial charge is 0.416 e. The first-order valence-corrected chi connectivity index (χ1v) is 15.3. The highest BCUT2D eigenvalue weighted by atomic mass is 32.2. The standard InChI is InChI=1S/C31H28F3N7O3S2/c1-18(2)23-6-4-5-7-24(23)41-25(42)16-46-29(41)38-28(45)36-27(37-30(43)44-3)20-10-8-19(9-11-20)26-35-17-40(39-26)22-14-12-21(13-15-22)31(32,33)34/h4-15,17-18,27H,16H2,1-3H3,(H,36,45)(H,37,43)/b38-29-. The van der Waals surface area contributed by atoms with Gasteiger partial charge >= 0.3 is 12.3 Å². The van der Waals surface area contributed by atoms with E-state index in [0.29, 0.717) is 27.8 Å². The molecule has 1 atom stereocenters. The van der Waals surface area contributed by atoms with Crippen LogP contribution >= 0.6 is 24.0 Å². The third-order valence-corrected chi connectivity index (χ3v) is 8.06. The van der Waals surface area contributed by atoms with E-state index < -0.39 is 24.0 Å². The van der Waals surface area contributed by atoms with Gasteiger partial charge in [0.1, 0.15) is 12.5 Å². The van der Waals surface area contributed by atoms with Crippen molar-refractivity contribution in [3.63, 3.8) is 0 Å². The third-order valence-electron chi connectivity index (χ3n) is 6.93. The summed E-state index contributed by atoms with van der Waals surface area (Å²) < 4.78 is 44.9. The molecule has 0 saturated carbocycles. The molecular formula is C31H28F3N7O3S2. The summed E-state index contributed by atoms with van der Waals surface area (Å²) in [5, 5.41) is 10.5. The Hall–Kier alpha value is -4.76. The van der Waals surface area contributed by atoms with Crippen LogP contribution in [0.5, 0.6) is 0 Å². The molecule has 0 bridgehead atoms. The molecule has 1 fully saturated rings. The number of halogens is 3. The summed E-state index contributed by atoms with van der Waals surface area (Å²) >= 11 is 6.80. The van der Waals surface area contributed by atoms with Crippen molar-refractivity contribution in [2.24, 2.45) is 4.99 Å². The van der Waals surface area contributed by atoms with Crippen molar-refractivity contribution < 1.29 is 27.5 Å². The largest absolute Gasteiger partial charge is 0.453 e. The first kappa shape index (κ1) is 32.6. The number of carbonyl (C=O) groups excluding carboxylic acids is 2. The molecule has 2 N–H and O–H groups in total. The van der Waals surface area contributed by atoms with Gasteiger partial charge in [0.05, 0.1) is 29.8 Å². The molecule has 1 unspecified atom stereocenters. The minimum absolute atomic E-state index is 0.0339. The Morgan fingerprint density at radius 1 is 1.04 bits per heavy atom. The van der Waals surface area contributed by atoms with Crippen LogP contribution in [-0.4, -0.2) is 49.9 Å². The molecule has 4 aromatic rings. The average Bonchev–Trinajstić information content (AvgIpc) is 3.67. The van der Waals surface area contributed by atoms with E-state index in [0.717, 1.165) is 23.4 Å². The van der Waals surface area contributed by atoms with E-state index in [1.54, 1.807) is 29.2 Å². The number of rotatable bonds is 7. The molecule has 46 heavy (non-hydrogen) atoms. The molecular weight excluding hydrogens is 640 g/mol. The van der Waals surface area contributed by atoms with Gasteiger partial charge in [-0.05, 0) is 59.6 Å². The number of hydrogen-bond donors (Lipinski definition) is 2. The number of alkyl halides is 3. The zero-order valence-corrected chi connectivity index (χ0v) is 26.4. The van der Waals surface area contributed by atoms with E-state index >= 15 is 0 Å². The summed E-state index contributed by atoms with van der Waals surface area (Å²) in [6, 6.07) is 19.1. The summed E-state index contributed by atoms with van der Waals surface area (Å²) in [5.41, 5.74) is 2.60. The minimum Gasteiger partial charge on any atom is -0.453 e. The number of carbonyl (C=O) groups is 2. The topological polar surface area (TPSA) is 114 Å². The van der Waals surface area contributed by atoms with Crippen molar-refractivity contribution in [2.45, 2.75) is 32.1 Å². The zero-order chi connectivity index (χ0) is 33.0. The Labute approximate surface area is 272 Å². The average molecular weight is 668 g/mol. The lowest BCUT2D eigenvalue weighted by Gasteiger charge is -2.23. The van der Waals surface area contributed by atoms with Crippen LogP contribution in [-0.2, 0) is 15.7 Å². The van der Waals surface area contributed by atoms with Crippen LogP contribution < -0.4 is 15.5 Å². The SMILES string of the molecule is COC(=O)NC(NC(=S)/N=C1\SCC(=O)N1c1ccccc1C(C)C)c1ccc(-c2ncn(-c3ccc(C(F)(F)F)cc3)n2)cc1. The summed E-state index contributed by atoms with van der Waals surface area (Å²) in [5.74, 6) is 0.602. The second-order valence-electron chi connectivity index (χ2n) is 10.3. The molecule has 0 aliphatic carbocycles. The molecule has 1 aliphatic heterocycles. The highest BCUT2D eigenvalue weighted by Gasteiger charge is 2.32. The molecule has 2 heterocycles. The molecule has 3 aromatic carbocycles. The van der Waals surface area contributed by atoms with Crippen LogP contribution in [0.2, 0.25) is 0 Å². The molecule has 15 heteroatoms. The van der Waals surface area contributed by atoms with Gasteiger partial charge in [-0.1, -0.05) is 68.1 Å². The Kier molecular flexibility index (Phi) is 9.72. The Bertz CT molecular complexity index is 1780. The number of aromatic nitrogens is 3. The van der Waals surface area contributed by atoms with Crippen molar-refractivity contribution in [1.29, 1.82) is 0 Å². The van der Waals surface area contributed by atoms with Crippen LogP contribution in [0.4, 0.5) is 23.7 Å². The second-order valence-corrected chi connectivity index (χ2v) is 11.7. The number of nitrogens with zero attached hydrogens (tertiary/aromatic N) is 5. The number of ether oxygens (including phenoxy) is 1. The van der Waals surface area contributed by atoms with Gasteiger partial charge in [-0.2, -0.15) is 18.2 Å². The predicted molar refractivity (Wildman–Crippen MR) is 174 cm³/mol. The Morgan fingerprint density at radius 2 is 1.74 bits per heavy atom. The number of para-hydroxylation sites is 1. The van der Waals surface area contributed by atoms with Crippen molar-refractivity contribution in [2.75, 3.05) is 17.8 Å². The number of alkyl carbamates (subject to hydrolysis) is 1. The van der Waals surface area contributed by atoms with Gasteiger partial charge in [-0.25, -0.2) is 14.5 Å². The number of hydrogen-bond acceptors (Lipinski definition) is 7. The number of benzene rings is 3. The molecule has 2 amide bonds. The number of aliphatic imine (C=N–C) groups is 1. The summed E-state index contributed by atoms with van der Waals surface area (Å²) in [4.78, 5) is 35.5. The monoisotopic (exact) mass is 667 g/mol. The van der Waals surface area contributed by atoms with Gasteiger partial charge in [0.25, 0.3) is 0 Å². The van der Waals surface area contributed by atoms with Crippen molar-refractivity contribution in [3.05, 3.63) is 95.8 Å². The van der Waals surface area contributed by atoms with Crippen molar-refractivity contribution in [1.82, 2.24) is 25.4 Å². The normalized spacial score (nSPS) is 14.9. The molecule has 1 aromatic heterocycles. The van der Waals surface area contributed by atoms with Gasteiger partial charge < -0.3 is 10.1 Å². The number of nitrogens with one attached hydrogen (secondary N) is 2. The third kappa shape index (κ3) is 7.37. The van der Waals surface area contributed by atoms with E-state index in [-0.39, 0.29) is 22.7 Å². The number of amidine groups is 1. The molecule has 0 spiro atoms. The van der Waals surface area contributed by atoms with E-state index in [1.807, 2.05) is 38.1 Å². The molecule has 238 valence electrons. The van der Waals surface area contributed by atoms with E-state index in [9.17, 15) is 22.8 Å². The van der Waals surface area contributed by atoms with Gasteiger partial charge in [0.2, 0.25) is 5.91 Å². The fraction of sp³-hybridized carbons (Fsp3) is 0.226. The van der Waals surface area contributed by atoms with Gasteiger partial charge in [0, 0.05) is 5.56 Å². The van der Waals surface area contributed by atoms with E-state index in [4.69, 9.17) is 17.0 Å². The van der Waals surface area contributed by atoms with Crippen LogP contribution in [0.1, 0.15) is 42.6 Å². The maximum Gasteiger partial charge on any atom is 0.416 e. The minimum atomic E-state index is -4.44. The first-order chi connectivity index (χ1) is 21.9. The Morgan fingerprint density at radius 3 is 2.39 bits per heavy atom. The lowest BCUT2D eigenvalue weighted by molar-refractivity contribution is -0.137. The van der Waals surface area contributed by atoms with Crippen molar-refractivity contribution >= 4 is 51.9 Å². The number of thiocarbonyl (C=S) groups is 1. The van der Waals surface area contributed by atoms with Crippen LogP contribution in [0, 0.1) is 0 Å². The Balaban J connectivity index is 1.34. The predicted octanol–water partition coefficient (Wildman–Crippen LogP) is 6.44. The maximum absolute atomic E-state index is 12.9. The van der Waals surface area contributed by atoms with Gasteiger partial charge in [-0.3, -0.25) is 15.0 Å². The lowest BCUT2D eigenvalue weighted by atomic mass is 10.0. The van der Waals surface area contributed by atoms with Crippen LogP contribution in [0.25, 0.3) is 17.1 Å². The molecule has 1 aliphatic rings. The first-order valence-electron chi connectivity index (χ1n) is 13.9. The van der Waals surface area contributed by atoms with Crippen molar-refractivity contribution in [3.8, 4) is 17.1 Å². The molecule has 10 nitrogen and oxygen atoms in total. The molecule has 0 radical (unpaired) electrons. The number of amides is 2. The fourth-order valence-electron chi connectivity index (χ4n) is 4.63.